The van der Waals surface area contributed by atoms with Crippen molar-refractivity contribution in [1.29, 1.82) is 0 Å². The Morgan fingerprint density at radius 1 is 0.846 bits per heavy atom. The summed E-state index contributed by atoms with van der Waals surface area (Å²) in [6.45, 7) is 12.2. The van der Waals surface area contributed by atoms with Crippen molar-refractivity contribution >= 4 is 35.3 Å². The molecule has 0 radical (unpaired) electrons. The van der Waals surface area contributed by atoms with Crippen molar-refractivity contribution in [3.8, 4) is 11.5 Å². The highest BCUT2D eigenvalue weighted by Gasteiger charge is 2.57. The van der Waals surface area contributed by atoms with Gasteiger partial charge in [-0.15, -0.1) is 0 Å². The molecule has 1 spiro atoms. The monoisotopic (exact) mass is 542 g/mol. The summed E-state index contributed by atoms with van der Waals surface area (Å²) < 4.78 is 6.72. The van der Waals surface area contributed by atoms with Gasteiger partial charge in [-0.25, -0.2) is 5.01 Å². The molecule has 0 aromatic heterocycles. The molecule has 0 N–H and O–H groups in total. The maximum absolute atomic E-state index is 14.0. The van der Waals surface area contributed by atoms with Crippen molar-refractivity contribution < 1.29 is 9.53 Å². The topological polar surface area (TPSA) is 48.4 Å². The smallest absolute Gasteiger partial charge is 0.275 e. The van der Waals surface area contributed by atoms with E-state index < -0.39 is 5.54 Å². The fraction of sp³-hybridized carbons (Fsp3) is 0.375. The van der Waals surface area contributed by atoms with Crippen molar-refractivity contribution in [3.05, 3.63) is 82.9 Å². The fourth-order valence-electron chi connectivity index (χ4n) is 5.96. The van der Waals surface area contributed by atoms with Crippen LogP contribution in [0.25, 0.3) is 0 Å². The van der Waals surface area contributed by atoms with Crippen molar-refractivity contribution in [2.75, 3.05) is 48.0 Å². The van der Waals surface area contributed by atoms with Crippen LogP contribution in [-0.4, -0.2) is 55.3 Å². The third-order valence-electron chi connectivity index (χ3n) is 7.89. The van der Waals surface area contributed by atoms with Gasteiger partial charge < -0.3 is 14.5 Å². The lowest BCUT2D eigenvalue weighted by Gasteiger charge is -2.42. The van der Waals surface area contributed by atoms with Crippen LogP contribution in [0.15, 0.2) is 65.8 Å². The Labute approximate surface area is 236 Å². The molecule has 0 saturated carbocycles. The van der Waals surface area contributed by atoms with Gasteiger partial charge in [0.1, 0.15) is 17.0 Å². The Bertz CT molecular complexity index is 1320. The molecular formula is C32H38N4O2S. The average molecular weight is 543 g/mol. The van der Waals surface area contributed by atoms with E-state index in [1.165, 1.54) is 0 Å². The number of nitrogens with zero attached hydrogens (tertiary/aromatic N) is 4. The Morgan fingerprint density at radius 2 is 1.41 bits per heavy atom. The normalized spacial score (nSPS) is 14.8. The number of fused-ring (bicyclic) bond motifs is 6. The minimum atomic E-state index is -0.921. The number of carbonyl (C=O) groups excluding carboxylic acids is 1. The predicted molar refractivity (Wildman–Crippen MR) is 164 cm³/mol. The standard InChI is InChI=1S/C32H38N4O2S/c1-6-34(7-2)23-15-17-27-29(21-23)38-30-22-24(35(8-3)9-4)16-18-28(30)32(27)26-14-11-10-13-25(26)31(37)36(32)33-19-12-20-39-5/h10-11,13-19,21-22H,6-9,12,20H2,1-5H3/b33-19+. The Kier molecular flexibility index (Phi) is 7.89. The van der Waals surface area contributed by atoms with Crippen LogP contribution in [0, 0.1) is 0 Å². The van der Waals surface area contributed by atoms with E-state index in [-0.39, 0.29) is 5.91 Å². The number of hydrogen-bond donors (Lipinski definition) is 0. The number of ether oxygens (including phenoxy) is 1. The van der Waals surface area contributed by atoms with E-state index in [2.05, 4.69) is 86.2 Å². The molecule has 0 aliphatic carbocycles. The molecule has 3 aromatic carbocycles. The van der Waals surface area contributed by atoms with Gasteiger partial charge in [0.25, 0.3) is 5.91 Å². The molecule has 6 nitrogen and oxygen atoms in total. The molecule has 0 bridgehead atoms. The van der Waals surface area contributed by atoms with Gasteiger partial charge in [0.2, 0.25) is 0 Å². The van der Waals surface area contributed by atoms with Gasteiger partial charge in [-0.05, 0) is 64.3 Å². The molecule has 1 amide bonds. The summed E-state index contributed by atoms with van der Waals surface area (Å²) in [5.74, 6) is 2.38. The van der Waals surface area contributed by atoms with Crippen LogP contribution in [0.2, 0.25) is 0 Å². The van der Waals surface area contributed by atoms with E-state index in [4.69, 9.17) is 9.84 Å². The average Bonchev–Trinajstić information content (AvgIpc) is 3.20. The fourth-order valence-corrected chi connectivity index (χ4v) is 6.30. The number of anilines is 2. The molecule has 0 atom stereocenters. The molecule has 2 heterocycles. The number of hydrazone groups is 1. The van der Waals surface area contributed by atoms with Gasteiger partial charge >= 0.3 is 0 Å². The first-order valence-electron chi connectivity index (χ1n) is 14.0. The molecule has 2 aliphatic rings. The zero-order valence-electron chi connectivity index (χ0n) is 23.6. The summed E-state index contributed by atoms with van der Waals surface area (Å²) in [6, 6.07) is 20.7. The predicted octanol–water partition coefficient (Wildman–Crippen LogP) is 6.97. The Morgan fingerprint density at radius 3 is 1.95 bits per heavy atom. The number of carbonyl (C=O) groups is 1. The Balaban J connectivity index is 1.80. The van der Waals surface area contributed by atoms with E-state index in [0.717, 1.165) is 77.9 Å². The summed E-state index contributed by atoms with van der Waals surface area (Å²) in [4.78, 5) is 18.7. The van der Waals surface area contributed by atoms with Crippen LogP contribution in [-0.2, 0) is 5.54 Å². The largest absolute Gasteiger partial charge is 0.456 e. The highest BCUT2D eigenvalue weighted by atomic mass is 32.2. The quantitative estimate of drug-likeness (QED) is 0.205. The van der Waals surface area contributed by atoms with Gasteiger partial charge in [-0.1, -0.05) is 30.3 Å². The first-order chi connectivity index (χ1) is 19.0. The lowest BCUT2D eigenvalue weighted by atomic mass is 9.75. The van der Waals surface area contributed by atoms with Gasteiger partial charge in [0, 0.05) is 78.2 Å². The molecular weight excluding hydrogens is 504 g/mol. The van der Waals surface area contributed by atoms with Crippen LogP contribution in [0.1, 0.15) is 61.2 Å². The maximum Gasteiger partial charge on any atom is 0.275 e. The second-order valence-corrected chi connectivity index (χ2v) is 10.7. The summed E-state index contributed by atoms with van der Waals surface area (Å²) >= 11 is 1.77. The van der Waals surface area contributed by atoms with Crippen LogP contribution in [0.3, 0.4) is 0 Å². The van der Waals surface area contributed by atoms with Gasteiger partial charge in [-0.3, -0.25) is 4.79 Å². The summed E-state index contributed by atoms with van der Waals surface area (Å²) in [5.41, 5.74) is 4.77. The number of hydrogen-bond acceptors (Lipinski definition) is 6. The number of benzene rings is 3. The van der Waals surface area contributed by atoms with Gasteiger partial charge in [-0.2, -0.15) is 16.9 Å². The summed E-state index contributed by atoms with van der Waals surface area (Å²) in [7, 11) is 0. The van der Waals surface area contributed by atoms with E-state index in [1.807, 2.05) is 24.4 Å². The second kappa shape index (κ2) is 11.3. The first-order valence-corrected chi connectivity index (χ1v) is 15.4. The number of thioether (sulfide) groups is 1. The highest BCUT2D eigenvalue weighted by Crippen LogP contribution is 2.58. The Hall–Kier alpha value is -3.45. The van der Waals surface area contributed by atoms with E-state index in [0.29, 0.717) is 5.56 Å². The van der Waals surface area contributed by atoms with Crippen LogP contribution >= 0.6 is 11.8 Å². The summed E-state index contributed by atoms with van der Waals surface area (Å²) in [5, 5.41) is 6.58. The van der Waals surface area contributed by atoms with E-state index >= 15 is 0 Å². The van der Waals surface area contributed by atoms with Crippen LogP contribution in [0.5, 0.6) is 11.5 Å². The van der Waals surface area contributed by atoms with Crippen molar-refractivity contribution in [3.63, 3.8) is 0 Å². The second-order valence-electron chi connectivity index (χ2n) is 9.76. The number of rotatable bonds is 10. The van der Waals surface area contributed by atoms with Gasteiger partial charge in [0.05, 0.1) is 0 Å². The third-order valence-corrected chi connectivity index (χ3v) is 8.54. The van der Waals surface area contributed by atoms with Crippen molar-refractivity contribution in [1.82, 2.24) is 5.01 Å². The molecule has 3 aromatic rings. The highest BCUT2D eigenvalue weighted by molar-refractivity contribution is 7.98. The maximum atomic E-state index is 14.0. The van der Waals surface area contributed by atoms with Crippen molar-refractivity contribution in [2.24, 2.45) is 5.10 Å². The zero-order valence-corrected chi connectivity index (χ0v) is 24.4. The van der Waals surface area contributed by atoms with E-state index in [9.17, 15) is 4.79 Å². The summed E-state index contributed by atoms with van der Waals surface area (Å²) in [6.07, 6.45) is 4.75. The minimum absolute atomic E-state index is 0.0922. The van der Waals surface area contributed by atoms with Crippen LogP contribution in [0.4, 0.5) is 11.4 Å². The van der Waals surface area contributed by atoms with E-state index in [1.54, 1.807) is 16.8 Å². The third kappa shape index (κ3) is 4.37. The van der Waals surface area contributed by atoms with Crippen molar-refractivity contribution in [2.45, 2.75) is 39.7 Å². The zero-order chi connectivity index (χ0) is 27.6. The first kappa shape index (κ1) is 27.1. The SMILES string of the molecule is CCN(CC)c1ccc2c(c1)Oc1cc(N(CC)CC)ccc1C21c2ccccc2C(=O)N1/N=C/CCSC. The molecule has 0 saturated heterocycles. The molecule has 0 unspecified atom stereocenters. The molecule has 2 aliphatic heterocycles. The van der Waals surface area contributed by atoms with Crippen LogP contribution < -0.4 is 14.5 Å². The lowest BCUT2D eigenvalue weighted by Crippen LogP contribution is -2.44. The lowest BCUT2D eigenvalue weighted by molar-refractivity contribution is 0.0674. The molecule has 7 heteroatoms. The molecule has 204 valence electrons. The molecule has 0 fully saturated rings. The van der Waals surface area contributed by atoms with Gasteiger partial charge in [0.15, 0.2) is 0 Å². The minimum Gasteiger partial charge on any atom is -0.456 e. The molecule has 39 heavy (non-hydrogen) atoms. The molecule has 5 rings (SSSR count). The number of amides is 1.